The Bertz CT molecular complexity index is 128. The third-order valence-electron chi connectivity index (χ3n) is 1.42. The van der Waals surface area contributed by atoms with E-state index in [9.17, 15) is 4.79 Å². The molecule has 2 heteroatoms. The molecule has 0 spiro atoms. The summed E-state index contributed by atoms with van der Waals surface area (Å²) < 4.78 is 0. The zero-order chi connectivity index (χ0) is 10.7. The van der Waals surface area contributed by atoms with Crippen LogP contribution in [0, 0.1) is 5.92 Å². The van der Waals surface area contributed by atoms with E-state index in [1.165, 1.54) is 0 Å². The van der Waals surface area contributed by atoms with Gasteiger partial charge < -0.3 is 5.11 Å². The summed E-state index contributed by atoms with van der Waals surface area (Å²) in [6.45, 7) is 9.56. The molecule has 0 aromatic carbocycles. The lowest BCUT2D eigenvalue weighted by atomic mass is 10.1. The van der Waals surface area contributed by atoms with Crippen molar-refractivity contribution < 1.29 is 9.90 Å². The molecule has 0 aromatic heterocycles. The van der Waals surface area contributed by atoms with Gasteiger partial charge in [0.05, 0.1) is 0 Å². The molecule has 0 heterocycles. The smallest absolute Gasteiger partial charge is 0.303 e. The molecule has 78 valence electrons. The molecule has 0 aliphatic rings. The number of hydrogen-bond donors (Lipinski definition) is 1. The van der Waals surface area contributed by atoms with E-state index in [1.54, 1.807) is 6.08 Å². The van der Waals surface area contributed by atoms with Gasteiger partial charge in [-0.15, -0.1) is 6.58 Å². The van der Waals surface area contributed by atoms with Crippen LogP contribution in [-0.4, -0.2) is 11.1 Å². The van der Waals surface area contributed by atoms with Crippen LogP contribution >= 0.6 is 0 Å². The second kappa shape index (κ2) is 11.2. The first kappa shape index (κ1) is 14.7. The third-order valence-corrected chi connectivity index (χ3v) is 1.42. The molecule has 0 aromatic rings. The number of allylic oxidation sites excluding steroid dienone is 1. The van der Waals surface area contributed by atoms with E-state index in [0.29, 0.717) is 12.3 Å². The molecule has 0 rings (SSSR count). The quantitative estimate of drug-likeness (QED) is 0.527. The highest BCUT2D eigenvalue weighted by atomic mass is 16.4. The summed E-state index contributed by atoms with van der Waals surface area (Å²) in [6.07, 6.45) is 5.09. The van der Waals surface area contributed by atoms with Crippen LogP contribution in [0.15, 0.2) is 12.7 Å². The molecule has 1 N–H and O–H groups in total. The van der Waals surface area contributed by atoms with Gasteiger partial charge in [-0.2, -0.15) is 0 Å². The topological polar surface area (TPSA) is 37.3 Å². The normalized spacial score (nSPS) is 8.92. The minimum absolute atomic E-state index is 0.326. The zero-order valence-electron chi connectivity index (χ0n) is 9.05. The Balaban J connectivity index is 0. The van der Waals surface area contributed by atoms with Crippen molar-refractivity contribution in [3.05, 3.63) is 12.7 Å². The van der Waals surface area contributed by atoms with Crippen LogP contribution in [0.25, 0.3) is 0 Å². The molecular formula is C11H22O2. The van der Waals surface area contributed by atoms with Crippen LogP contribution in [-0.2, 0) is 4.79 Å². The molecule has 0 aliphatic heterocycles. The van der Waals surface area contributed by atoms with Crippen LogP contribution < -0.4 is 0 Å². The molecule has 0 bridgehead atoms. The lowest BCUT2D eigenvalue weighted by Crippen LogP contribution is -1.94. The largest absolute Gasteiger partial charge is 0.481 e. The van der Waals surface area contributed by atoms with Gasteiger partial charge in [-0.25, -0.2) is 0 Å². The average Bonchev–Trinajstić information content (AvgIpc) is 1.99. The molecular weight excluding hydrogens is 164 g/mol. The summed E-state index contributed by atoms with van der Waals surface area (Å²) >= 11 is 0. The van der Waals surface area contributed by atoms with Crippen molar-refractivity contribution in [2.45, 2.75) is 46.5 Å². The fourth-order valence-corrected chi connectivity index (χ4v) is 0.829. The summed E-state index contributed by atoms with van der Waals surface area (Å²) in [5.41, 5.74) is 0. The number of unbranched alkanes of at least 4 members (excludes halogenated alkanes) is 1. The minimum atomic E-state index is -0.677. The first-order valence-electron chi connectivity index (χ1n) is 4.83. The maximum absolute atomic E-state index is 10.0. The highest BCUT2D eigenvalue weighted by Crippen LogP contribution is 2.07. The zero-order valence-corrected chi connectivity index (χ0v) is 9.05. The van der Waals surface area contributed by atoms with Crippen LogP contribution in [0.5, 0.6) is 0 Å². The maximum Gasteiger partial charge on any atom is 0.303 e. The fraction of sp³-hybridized carbons (Fsp3) is 0.727. The standard InChI is InChI=1S/C8H16O2.C3H6/c1-7(2)5-3-4-6-8(9)10;1-3-2/h7H,3-6H2,1-2H3,(H,9,10);3H,1H2,2H3. The molecule has 0 unspecified atom stereocenters. The van der Waals surface area contributed by atoms with Gasteiger partial charge in [0.25, 0.3) is 0 Å². The summed E-state index contributed by atoms with van der Waals surface area (Å²) in [4.78, 5) is 10.0. The average molecular weight is 186 g/mol. The lowest BCUT2D eigenvalue weighted by Gasteiger charge is -2.01. The second-order valence-electron chi connectivity index (χ2n) is 3.44. The van der Waals surface area contributed by atoms with Crippen molar-refractivity contribution in [2.24, 2.45) is 5.92 Å². The Kier molecular flexibility index (Phi) is 12.7. The molecule has 0 fully saturated rings. The number of carboxylic acid groups (broad SMARTS) is 1. The lowest BCUT2D eigenvalue weighted by molar-refractivity contribution is -0.137. The van der Waals surface area contributed by atoms with Crippen molar-refractivity contribution >= 4 is 5.97 Å². The van der Waals surface area contributed by atoms with Gasteiger partial charge >= 0.3 is 5.97 Å². The van der Waals surface area contributed by atoms with E-state index < -0.39 is 5.97 Å². The Morgan fingerprint density at radius 2 is 1.92 bits per heavy atom. The Labute approximate surface area is 81.7 Å². The van der Waals surface area contributed by atoms with Gasteiger partial charge in [-0.05, 0) is 19.3 Å². The van der Waals surface area contributed by atoms with Crippen molar-refractivity contribution in [3.8, 4) is 0 Å². The molecule has 13 heavy (non-hydrogen) atoms. The van der Waals surface area contributed by atoms with Crippen molar-refractivity contribution in [1.29, 1.82) is 0 Å². The SMILES string of the molecule is C=CC.CC(C)CCCCC(=O)O. The molecule has 0 saturated heterocycles. The monoisotopic (exact) mass is 186 g/mol. The van der Waals surface area contributed by atoms with Crippen LogP contribution in [0.2, 0.25) is 0 Å². The predicted octanol–water partition coefficient (Wildman–Crippen LogP) is 3.48. The summed E-state index contributed by atoms with van der Waals surface area (Å²) in [5, 5.41) is 8.28. The van der Waals surface area contributed by atoms with Gasteiger partial charge in [0.15, 0.2) is 0 Å². The summed E-state index contributed by atoms with van der Waals surface area (Å²) in [7, 11) is 0. The van der Waals surface area contributed by atoms with E-state index in [1.807, 2.05) is 6.92 Å². The Morgan fingerprint density at radius 3 is 2.23 bits per heavy atom. The van der Waals surface area contributed by atoms with Crippen LogP contribution in [0.1, 0.15) is 46.5 Å². The highest BCUT2D eigenvalue weighted by molar-refractivity contribution is 5.66. The van der Waals surface area contributed by atoms with Crippen molar-refractivity contribution in [1.82, 2.24) is 0 Å². The van der Waals surface area contributed by atoms with E-state index >= 15 is 0 Å². The number of aliphatic carboxylic acids is 1. The fourth-order valence-electron chi connectivity index (χ4n) is 0.829. The maximum atomic E-state index is 10.0. The highest BCUT2D eigenvalue weighted by Gasteiger charge is 1.97. The van der Waals surface area contributed by atoms with Gasteiger partial charge in [-0.1, -0.05) is 32.8 Å². The molecule has 2 nitrogen and oxygen atoms in total. The molecule has 0 radical (unpaired) electrons. The van der Waals surface area contributed by atoms with E-state index in [2.05, 4.69) is 20.4 Å². The number of rotatable bonds is 5. The molecule has 0 aliphatic carbocycles. The van der Waals surface area contributed by atoms with Crippen molar-refractivity contribution in [3.63, 3.8) is 0 Å². The summed E-state index contributed by atoms with van der Waals surface area (Å²) in [5.74, 6) is 0.0255. The Morgan fingerprint density at radius 1 is 1.46 bits per heavy atom. The Hall–Kier alpha value is -0.790. The first-order chi connectivity index (χ1) is 6.04. The van der Waals surface area contributed by atoms with Gasteiger partial charge in [-0.3, -0.25) is 4.79 Å². The van der Waals surface area contributed by atoms with Crippen LogP contribution in [0.3, 0.4) is 0 Å². The minimum Gasteiger partial charge on any atom is -0.481 e. The van der Waals surface area contributed by atoms with Gasteiger partial charge in [0, 0.05) is 6.42 Å². The predicted molar refractivity (Wildman–Crippen MR) is 56.8 cm³/mol. The van der Waals surface area contributed by atoms with E-state index in [-0.39, 0.29) is 0 Å². The van der Waals surface area contributed by atoms with Crippen molar-refractivity contribution in [2.75, 3.05) is 0 Å². The van der Waals surface area contributed by atoms with Crippen LogP contribution in [0.4, 0.5) is 0 Å². The van der Waals surface area contributed by atoms with Gasteiger partial charge in [0.1, 0.15) is 0 Å². The second-order valence-corrected chi connectivity index (χ2v) is 3.44. The van der Waals surface area contributed by atoms with E-state index in [0.717, 1.165) is 19.3 Å². The molecule has 0 amide bonds. The van der Waals surface area contributed by atoms with Gasteiger partial charge in [0.2, 0.25) is 0 Å². The number of hydrogen-bond acceptors (Lipinski definition) is 1. The molecule has 0 saturated carbocycles. The first-order valence-corrected chi connectivity index (χ1v) is 4.83. The number of carboxylic acids is 1. The molecule has 0 atom stereocenters. The third kappa shape index (κ3) is 24.7. The van der Waals surface area contributed by atoms with E-state index in [4.69, 9.17) is 5.11 Å². The number of carbonyl (C=O) groups is 1. The summed E-state index contributed by atoms with van der Waals surface area (Å²) in [6, 6.07) is 0.